The molecule has 0 spiro atoms. The van der Waals surface area contributed by atoms with Gasteiger partial charge in [0.15, 0.2) is 0 Å². The van der Waals surface area contributed by atoms with Gasteiger partial charge in [-0.1, -0.05) is 0 Å². The van der Waals surface area contributed by atoms with Crippen molar-refractivity contribution in [1.29, 1.82) is 0 Å². The van der Waals surface area contributed by atoms with Crippen LogP contribution in [0.15, 0.2) is 0 Å². The molecule has 0 aliphatic heterocycles. The first kappa shape index (κ1) is 29.2. The largest absolute Gasteiger partial charge is 1.00 e. The fraction of sp³-hybridized carbons (Fsp3) is 0. The van der Waals surface area contributed by atoms with Crippen molar-refractivity contribution in [2.75, 3.05) is 0 Å². The van der Waals surface area contributed by atoms with Crippen LogP contribution in [0.25, 0.3) is 0 Å². The first-order valence-electron chi connectivity index (χ1n) is 0.783. The van der Waals surface area contributed by atoms with Crippen LogP contribution in [0.1, 0.15) is 4.28 Å². The van der Waals surface area contributed by atoms with Gasteiger partial charge in [0, 0.05) is 0 Å². The third-order valence-corrected chi connectivity index (χ3v) is 0. The number of halogens is 1. The van der Waals surface area contributed by atoms with E-state index in [1.807, 2.05) is 0 Å². The topological polar surface area (TPSA) is 77.8 Å². The molecular formula is H7ClK2NaO4P. The smallest absolute Gasteiger partial charge is 1.00 e. The molecule has 0 heterocycles. The molecule has 0 aliphatic rings. The molecule has 3 N–H and O–H groups in total. The van der Waals surface area contributed by atoms with Crippen molar-refractivity contribution in [3.63, 3.8) is 0 Å². The molecule has 9 heavy (non-hydrogen) atoms. The van der Waals surface area contributed by atoms with Gasteiger partial charge in [-0.05, 0) is 0 Å². The van der Waals surface area contributed by atoms with Crippen LogP contribution in [-0.4, -0.2) is 14.7 Å². The Morgan fingerprint density at radius 1 is 1.11 bits per heavy atom. The summed E-state index contributed by atoms with van der Waals surface area (Å²) in [5.41, 5.74) is 0. The van der Waals surface area contributed by atoms with Gasteiger partial charge in [-0.25, -0.2) is 4.57 Å². The van der Waals surface area contributed by atoms with E-state index in [2.05, 4.69) is 0 Å². The van der Waals surface area contributed by atoms with Crippen molar-refractivity contribution >= 4 is 20.2 Å². The Morgan fingerprint density at radius 3 is 1.11 bits per heavy atom. The molecule has 4 nitrogen and oxygen atoms in total. The van der Waals surface area contributed by atoms with E-state index in [1.165, 1.54) is 0 Å². The summed E-state index contributed by atoms with van der Waals surface area (Å²) in [6.45, 7) is 0. The summed E-state index contributed by atoms with van der Waals surface area (Å²) >= 11 is 0. The average molecular weight is 239 g/mol. The van der Waals surface area contributed by atoms with Crippen molar-refractivity contribution in [2.24, 2.45) is 0 Å². The van der Waals surface area contributed by atoms with Crippen LogP contribution < -0.4 is 132 Å². The number of phosphoric acid groups is 1. The Bertz CT molecular complexity index is 74.4. The van der Waals surface area contributed by atoms with Crippen LogP contribution in [0.4, 0.5) is 0 Å². The standard InChI is InChI=1S/ClH.2K.Na.H3O4P.3H/c;;;;1-5(2,3)4;;;/h1H;;;;(H3,1,2,3,4);;;/q;3*+1;;3*-1. The summed E-state index contributed by atoms with van der Waals surface area (Å²) in [5.74, 6) is 0. The van der Waals surface area contributed by atoms with Gasteiger partial charge in [0.25, 0.3) is 0 Å². The van der Waals surface area contributed by atoms with Gasteiger partial charge < -0.3 is 19.0 Å². The van der Waals surface area contributed by atoms with E-state index >= 15 is 0 Å². The van der Waals surface area contributed by atoms with Gasteiger partial charge in [-0.2, -0.15) is 0 Å². The Kier molecular flexibility index (Phi) is 49.2. The summed E-state index contributed by atoms with van der Waals surface area (Å²) in [6, 6.07) is 0. The SMILES string of the molecule is Cl.O=P(O)(O)O.[H-].[H-].[H-].[K+].[K+].[Na+]. The molecule has 0 fully saturated rings. The Balaban J connectivity index is -0.00000000381. The van der Waals surface area contributed by atoms with Crippen LogP contribution in [0.2, 0.25) is 0 Å². The number of rotatable bonds is 0. The Hall–Kier alpha value is 4.67. The van der Waals surface area contributed by atoms with E-state index in [4.69, 9.17) is 19.2 Å². The zero-order valence-corrected chi connectivity index (χ0v) is 15.6. The molecule has 46 valence electrons. The average Bonchev–Trinajstić information content (AvgIpc) is 0.722. The quantitative estimate of drug-likeness (QED) is 0.289. The van der Waals surface area contributed by atoms with Crippen molar-refractivity contribution in [3.05, 3.63) is 0 Å². The molecule has 0 amide bonds. The molecule has 0 aromatic heterocycles. The summed E-state index contributed by atoms with van der Waals surface area (Å²) in [6.07, 6.45) is 0. The monoisotopic (exact) mass is 238 g/mol. The Morgan fingerprint density at radius 2 is 1.11 bits per heavy atom. The second kappa shape index (κ2) is 15.2. The van der Waals surface area contributed by atoms with Gasteiger partial charge in [0.1, 0.15) is 0 Å². The molecule has 0 unspecified atom stereocenters. The van der Waals surface area contributed by atoms with Gasteiger partial charge in [-0.15, -0.1) is 12.4 Å². The molecule has 0 saturated carbocycles. The van der Waals surface area contributed by atoms with Crippen LogP contribution >= 0.6 is 20.2 Å². The fourth-order valence-electron chi connectivity index (χ4n) is 0. The number of hydrogen-bond donors (Lipinski definition) is 3. The zero-order valence-electron chi connectivity index (χ0n) is 8.61. The maximum atomic E-state index is 8.88. The molecule has 0 bridgehead atoms. The van der Waals surface area contributed by atoms with E-state index in [1.54, 1.807) is 0 Å². The first-order chi connectivity index (χ1) is 2.00. The van der Waals surface area contributed by atoms with E-state index in [-0.39, 0.29) is 149 Å². The van der Waals surface area contributed by atoms with E-state index in [9.17, 15) is 0 Å². The predicted octanol–water partition coefficient (Wildman–Crippen LogP) is -9.16. The van der Waals surface area contributed by atoms with Gasteiger partial charge in [0.05, 0.1) is 0 Å². The molecule has 0 saturated heterocycles. The first-order valence-corrected chi connectivity index (χ1v) is 2.35. The molecule has 9 heteroatoms. The third kappa shape index (κ3) is 66.1. The van der Waals surface area contributed by atoms with Gasteiger partial charge >= 0.3 is 140 Å². The third-order valence-electron chi connectivity index (χ3n) is 0. The van der Waals surface area contributed by atoms with Crippen LogP contribution in [0.5, 0.6) is 0 Å². The molecule has 0 radical (unpaired) electrons. The maximum absolute atomic E-state index is 8.88. The minimum Gasteiger partial charge on any atom is -1.00 e. The van der Waals surface area contributed by atoms with Crippen LogP contribution in [0.3, 0.4) is 0 Å². The molecule has 0 atom stereocenters. The molecular weight excluding hydrogens is 232 g/mol. The normalized spacial score (nSPS) is 6.56. The summed E-state index contributed by atoms with van der Waals surface area (Å²) < 4.78 is 8.88. The van der Waals surface area contributed by atoms with E-state index in [0.717, 1.165) is 0 Å². The molecule has 0 aliphatic carbocycles. The minimum atomic E-state index is -4.64. The maximum Gasteiger partial charge on any atom is 1.00 e. The second-order valence-corrected chi connectivity index (χ2v) is 1.54. The zero-order chi connectivity index (χ0) is 4.50. The van der Waals surface area contributed by atoms with E-state index in [0.29, 0.717) is 0 Å². The van der Waals surface area contributed by atoms with Crippen LogP contribution in [0, 0.1) is 0 Å². The fourth-order valence-corrected chi connectivity index (χ4v) is 0. The van der Waals surface area contributed by atoms with E-state index < -0.39 is 7.82 Å². The predicted molar refractivity (Wildman–Crippen MR) is 24.8 cm³/mol. The molecule has 0 rings (SSSR count). The van der Waals surface area contributed by atoms with Gasteiger partial charge in [-0.3, -0.25) is 0 Å². The summed E-state index contributed by atoms with van der Waals surface area (Å²) in [7, 11) is -4.64. The van der Waals surface area contributed by atoms with Crippen molar-refractivity contribution in [2.45, 2.75) is 0 Å². The number of hydrogen-bond acceptors (Lipinski definition) is 1. The van der Waals surface area contributed by atoms with Crippen molar-refractivity contribution < 1.29 is 156 Å². The van der Waals surface area contributed by atoms with Crippen molar-refractivity contribution in [1.82, 2.24) is 0 Å². The molecule has 0 aromatic rings. The second-order valence-electron chi connectivity index (χ2n) is 0.513. The van der Waals surface area contributed by atoms with Crippen molar-refractivity contribution in [3.8, 4) is 0 Å². The minimum absolute atomic E-state index is 0. The summed E-state index contributed by atoms with van der Waals surface area (Å²) in [5, 5.41) is 0. The van der Waals surface area contributed by atoms with Gasteiger partial charge in [0.2, 0.25) is 0 Å². The van der Waals surface area contributed by atoms with Crippen LogP contribution in [-0.2, 0) is 4.57 Å². The summed E-state index contributed by atoms with van der Waals surface area (Å²) in [4.78, 5) is 21.6. The molecule has 0 aromatic carbocycles. The Labute approximate surface area is 171 Å².